The molecule has 1 aliphatic heterocycles. The van der Waals surface area contributed by atoms with Gasteiger partial charge in [0, 0.05) is 19.1 Å². The van der Waals surface area contributed by atoms with Gasteiger partial charge in [-0.3, -0.25) is 5.41 Å². The van der Waals surface area contributed by atoms with E-state index in [1.54, 1.807) is 0 Å². The molecule has 4 nitrogen and oxygen atoms in total. The van der Waals surface area contributed by atoms with E-state index in [1.165, 1.54) is 0 Å². The van der Waals surface area contributed by atoms with Crippen LogP contribution in [0.4, 0.5) is 0 Å². The summed E-state index contributed by atoms with van der Waals surface area (Å²) in [7, 11) is 0. The van der Waals surface area contributed by atoms with E-state index in [0.29, 0.717) is 12.5 Å². The summed E-state index contributed by atoms with van der Waals surface area (Å²) in [5.74, 6) is 0.600. The number of likely N-dealkylation sites (tertiary alicyclic amines) is 1. The first kappa shape index (κ1) is 10.3. The van der Waals surface area contributed by atoms with E-state index in [4.69, 9.17) is 15.9 Å². The van der Waals surface area contributed by atoms with E-state index in [1.807, 2.05) is 11.8 Å². The standard InChI is InChI=1S/C9H19N3O/c1-3-13-8-7(2)5-4-6-12(8)9(10)11/h7-8H,3-6H2,1-2H3,(H3,10,11). The van der Waals surface area contributed by atoms with Gasteiger partial charge in [-0.2, -0.15) is 0 Å². The summed E-state index contributed by atoms with van der Waals surface area (Å²) >= 11 is 0. The Labute approximate surface area is 79.6 Å². The van der Waals surface area contributed by atoms with Gasteiger partial charge in [-0.25, -0.2) is 0 Å². The van der Waals surface area contributed by atoms with Gasteiger partial charge >= 0.3 is 0 Å². The second-order valence-corrected chi connectivity index (χ2v) is 3.54. The van der Waals surface area contributed by atoms with Gasteiger partial charge in [0.25, 0.3) is 0 Å². The smallest absolute Gasteiger partial charge is 0.190 e. The Morgan fingerprint density at radius 3 is 2.92 bits per heavy atom. The monoisotopic (exact) mass is 185 g/mol. The minimum atomic E-state index is 0.0104. The highest BCUT2D eigenvalue weighted by Gasteiger charge is 2.29. The molecule has 0 aliphatic carbocycles. The number of guanidine groups is 1. The molecule has 0 aromatic rings. The lowest BCUT2D eigenvalue weighted by Gasteiger charge is -2.39. The molecule has 0 aromatic carbocycles. The molecular weight excluding hydrogens is 166 g/mol. The van der Waals surface area contributed by atoms with E-state index in [9.17, 15) is 0 Å². The number of nitrogens with two attached hydrogens (primary N) is 1. The van der Waals surface area contributed by atoms with Crippen LogP contribution in [0.25, 0.3) is 0 Å². The number of nitrogens with zero attached hydrogens (tertiary/aromatic N) is 1. The van der Waals surface area contributed by atoms with Crippen molar-refractivity contribution in [3.05, 3.63) is 0 Å². The maximum Gasteiger partial charge on any atom is 0.190 e. The van der Waals surface area contributed by atoms with E-state index in [0.717, 1.165) is 19.4 Å². The van der Waals surface area contributed by atoms with Crippen molar-refractivity contribution in [3.8, 4) is 0 Å². The van der Waals surface area contributed by atoms with Gasteiger partial charge in [-0.15, -0.1) is 0 Å². The largest absolute Gasteiger partial charge is 0.370 e. The molecule has 2 unspecified atom stereocenters. The number of ether oxygens (including phenoxy) is 1. The third kappa shape index (κ3) is 2.34. The van der Waals surface area contributed by atoms with Crippen molar-refractivity contribution < 1.29 is 4.74 Å². The van der Waals surface area contributed by atoms with Crippen molar-refractivity contribution in [2.75, 3.05) is 13.2 Å². The molecule has 1 fully saturated rings. The van der Waals surface area contributed by atoms with Crippen molar-refractivity contribution in [1.82, 2.24) is 4.90 Å². The second kappa shape index (κ2) is 4.46. The highest BCUT2D eigenvalue weighted by Crippen LogP contribution is 2.23. The SMILES string of the molecule is CCOC1C(C)CCCN1C(=N)N. The molecule has 1 heterocycles. The number of hydrogen-bond donors (Lipinski definition) is 2. The molecule has 2 atom stereocenters. The van der Waals surface area contributed by atoms with Crippen molar-refractivity contribution >= 4 is 5.96 Å². The van der Waals surface area contributed by atoms with Crippen LogP contribution in [0, 0.1) is 11.3 Å². The highest BCUT2D eigenvalue weighted by atomic mass is 16.5. The van der Waals surface area contributed by atoms with E-state index in [-0.39, 0.29) is 12.2 Å². The molecular formula is C9H19N3O. The van der Waals surface area contributed by atoms with Crippen LogP contribution >= 0.6 is 0 Å². The van der Waals surface area contributed by atoms with Crippen molar-refractivity contribution in [2.24, 2.45) is 11.7 Å². The normalized spacial score (nSPS) is 28.9. The Morgan fingerprint density at radius 2 is 2.38 bits per heavy atom. The minimum absolute atomic E-state index is 0.0104. The van der Waals surface area contributed by atoms with Crippen molar-refractivity contribution in [3.63, 3.8) is 0 Å². The average molecular weight is 185 g/mol. The van der Waals surface area contributed by atoms with Crippen LogP contribution in [0.3, 0.4) is 0 Å². The zero-order valence-corrected chi connectivity index (χ0v) is 8.42. The summed E-state index contributed by atoms with van der Waals surface area (Å²) in [4.78, 5) is 1.84. The minimum Gasteiger partial charge on any atom is -0.370 e. The summed E-state index contributed by atoms with van der Waals surface area (Å²) < 4.78 is 5.57. The molecule has 3 N–H and O–H groups in total. The summed E-state index contributed by atoms with van der Waals surface area (Å²) in [6.45, 7) is 5.65. The lowest BCUT2D eigenvalue weighted by Crippen LogP contribution is -2.51. The van der Waals surface area contributed by atoms with Gasteiger partial charge < -0.3 is 15.4 Å². The van der Waals surface area contributed by atoms with Gasteiger partial charge in [0.05, 0.1) is 0 Å². The van der Waals surface area contributed by atoms with Gasteiger partial charge in [0.15, 0.2) is 5.96 Å². The second-order valence-electron chi connectivity index (χ2n) is 3.54. The molecule has 4 heteroatoms. The molecule has 76 valence electrons. The highest BCUT2D eigenvalue weighted by molar-refractivity contribution is 5.74. The van der Waals surface area contributed by atoms with Crippen molar-refractivity contribution in [2.45, 2.75) is 32.9 Å². The van der Waals surface area contributed by atoms with Crippen LogP contribution in [-0.4, -0.2) is 30.2 Å². The third-order valence-corrected chi connectivity index (χ3v) is 2.50. The molecule has 0 saturated carbocycles. The van der Waals surface area contributed by atoms with E-state index >= 15 is 0 Å². The lowest BCUT2D eigenvalue weighted by molar-refractivity contribution is -0.0738. The fraction of sp³-hybridized carbons (Fsp3) is 0.889. The van der Waals surface area contributed by atoms with E-state index in [2.05, 4.69) is 6.92 Å². The number of rotatable bonds is 2. The summed E-state index contributed by atoms with van der Waals surface area (Å²) in [6.07, 6.45) is 2.27. The molecule has 0 aromatic heterocycles. The molecule has 13 heavy (non-hydrogen) atoms. The quantitative estimate of drug-likeness (QED) is 0.498. The molecule has 1 aliphatic rings. The first-order valence-corrected chi connectivity index (χ1v) is 4.89. The predicted octanol–water partition coefficient (Wildman–Crippen LogP) is 0.974. The topological polar surface area (TPSA) is 62.3 Å². The summed E-state index contributed by atoms with van der Waals surface area (Å²) in [5.41, 5.74) is 5.48. The zero-order chi connectivity index (χ0) is 9.84. The van der Waals surface area contributed by atoms with Crippen molar-refractivity contribution in [1.29, 1.82) is 5.41 Å². The zero-order valence-electron chi connectivity index (χ0n) is 8.42. The average Bonchev–Trinajstić information content (AvgIpc) is 2.08. The maximum absolute atomic E-state index is 7.41. The Hall–Kier alpha value is -0.770. The van der Waals surface area contributed by atoms with E-state index < -0.39 is 0 Å². The molecule has 0 amide bonds. The van der Waals surface area contributed by atoms with Crippen LogP contribution in [-0.2, 0) is 4.74 Å². The fourth-order valence-corrected chi connectivity index (χ4v) is 1.84. The van der Waals surface area contributed by atoms with Crippen LogP contribution in [0.5, 0.6) is 0 Å². The Bertz CT molecular complexity index is 184. The van der Waals surface area contributed by atoms with Gasteiger partial charge in [0.2, 0.25) is 0 Å². The van der Waals surface area contributed by atoms with Gasteiger partial charge in [0.1, 0.15) is 6.23 Å². The summed E-state index contributed by atoms with van der Waals surface area (Å²) in [6, 6.07) is 0. The predicted molar refractivity (Wildman–Crippen MR) is 52.4 cm³/mol. The Morgan fingerprint density at radius 1 is 1.69 bits per heavy atom. The molecule has 1 rings (SSSR count). The molecule has 0 spiro atoms. The number of piperidine rings is 1. The molecule has 0 radical (unpaired) electrons. The lowest BCUT2D eigenvalue weighted by atomic mass is 9.98. The molecule has 0 bridgehead atoms. The fourth-order valence-electron chi connectivity index (χ4n) is 1.84. The van der Waals surface area contributed by atoms with Crippen LogP contribution in [0.2, 0.25) is 0 Å². The number of nitrogens with one attached hydrogen (secondary N) is 1. The third-order valence-electron chi connectivity index (χ3n) is 2.50. The molecule has 1 saturated heterocycles. The first-order valence-electron chi connectivity index (χ1n) is 4.89. The first-order chi connectivity index (χ1) is 6.16. The van der Waals surface area contributed by atoms with Gasteiger partial charge in [-0.05, 0) is 19.8 Å². The number of hydrogen-bond acceptors (Lipinski definition) is 2. The maximum atomic E-state index is 7.41. The van der Waals surface area contributed by atoms with Crippen LogP contribution in [0.1, 0.15) is 26.7 Å². The Balaban J connectivity index is 2.62. The Kier molecular flexibility index (Phi) is 3.54. The van der Waals surface area contributed by atoms with Gasteiger partial charge in [-0.1, -0.05) is 6.92 Å². The van der Waals surface area contributed by atoms with Crippen LogP contribution < -0.4 is 5.73 Å². The van der Waals surface area contributed by atoms with Crippen LogP contribution in [0.15, 0.2) is 0 Å². The summed E-state index contributed by atoms with van der Waals surface area (Å²) in [5, 5.41) is 7.41.